The van der Waals surface area contributed by atoms with Crippen LogP contribution in [0.2, 0.25) is 0 Å². The smallest absolute Gasteiger partial charge is 0.294 e. The summed E-state index contributed by atoms with van der Waals surface area (Å²) >= 11 is 0. The van der Waals surface area contributed by atoms with E-state index in [1.165, 1.54) is 23.1 Å². The monoisotopic (exact) mass is 266 g/mol. The van der Waals surface area contributed by atoms with Crippen molar-refractivity contribution in [2.24, 2.45) is 11.8 Å². The zero-order chi connectivity index (χ0) is 14.6. The number of carbonyl (C=O) groups is 1. The Balaban J connectivity index is 3.16. The lowest BCUT2D eigenvalue weighted by molar-refractivity contribution is -0.384. The van der Waals surface area contributed by atoms with Crippen molar-refractivity contribution < 1.29 is 9.72 Å². The molecule has 19 heavy (non-hydrogen) atoms. The number of nitrogens with two attached hydrogens (primary N) is 1. The van der Waals surface area contributed by atoms with Crippen molar-refractivity contribution in [3.63, 3.8) is 0 Å². The highest BCUT2D eigenvalue weighted by molar-refractivity contribution is 6.01. The average Bonchev–Trinajstić information content (AvgIpc) is 2.35. The topological polar surface area (TPSA) is 102 Å². The van der Waals surface area contributed by atoms with Gasteiger partial charge in [0, 0.05) is 19.7 Å². The molecule has 0 saturated carbocycles. The van der Waals surface area contributed by atoms with Crippen LogP contribution in [0.15, 0.2) is 18.2 Å². The maximum Gasteiger partial charge on any atom is 0.294 e. The number of benzene rings is 1. The molecule has 0 spiro atoms. The summed E-state index contributed by atoms with van der Waals surface area (Å²) in [5.74, 6) is 5.31. The molecule has 0 saturated heterocycles. The molecule has 0 atom stereocenters. The first-order valence-corrected chi connectivity index (χ1v) is 5.88. The highest BCUT2D eigenvalue weighted by Crippen LogP contribution is 2.28. The maximum absolute atomic E-state index is 12.2. The number of hydrogen-bond acceptors (Lipinski definition) is 5. The van der Waals surface area contributed by atoms with E-state index in [9.17, 15) is 14.9 Å². The molecule has 0 radical (unpaired) electrons. The number of hydrogen-bond donors (Lipinski definition) is 2. The first-order valence-electron chi connectivity index (χ1n) is 5.88. The molecule has 104 valence electrons. The van der Waals surface area contributed by atoms with E-state index in [2.05, 4.69) is 5.43 Å². The summed E-state index contributed by atoms with van der Waals surface area (Å²) in [6.07, 6.45) is 0. The lowest BCUT2D eigenvalue weighted by atomic mass is 10.1. The van der Waals surface area contributed by atoms with E-state index >= 15 is 0 Å². The van der Waals surface area contributed by atoms with Crippen molar-refractivity contribution in [2.45, 2.75) is 13.8 Å². The summed E-state index contributed by atoms with van der Waals surface area (Å²) in [5.41, 5.74) is 2.26. The summed E-state index contributed by atoms with van der Waals surface area (Å²) in [5, 5.41) is 10.9. The molecule has 1 aromatic rings. The number of rotatable bonds is 5. The van der Waals surface area contributed by atoms with E-state index in [0.29, 0.717) is 12.5 Å². The molecule has 0 unspecified atom stereocenters. The van der Waals surface area contributed by atoms with Crippen LogP contribution in [0, 0.1) is 16.0 Å². The Bertz CT molecular complexity index is 488. The number of para-hydroxylation sites is 1. The van der Waals surface area contributed by atoms with Gasteiger partial charge in [0.05, 0.1) is 10.5 Å². The number of amides is 1. The van der Waals surface area contributed by atoms with E-state index in [-0.39, 0.29) is 22.8 Å². The molecule has 0 fully saturated rings. The predicted octanol–water partition coefficient (Wildman–Crippen LogP) is 1.61. The SMILES string of the molecule is CC(C)CN(C)C(=O)c1cccc([N+](=O)[O-])c1NN. The summed E-state index contributed by atoms with van der Waals surface area (Å²) in [6, 6.07) is 4.28. The lowest BCUT2D eigenvalue weighted by Gasteiger charge is -2.20. The van der Waals surface area contributed by atoms with Gasteiger partial charge in [0.15, 0.2) is 0 Å². The Hall–Kier alpha value is -2.15. The van der Waals surface area contributed by atoms with Gasteiger partial charge in [-0.3, -0.25) is 20.8 Å². The molecule has 7 heteroatoms. The zero-order valence-electron chi connectivity index (χ0n) is 11.2. The maximum atomic E-state index is 12.2. The third-order valence-electron chi connectivity index (χ3n) is 2.60. The summed E-state index contributed by atoms with van der Waals surface area (Å²) in [7, 11) is 1.65. The van der Waals surface area contributed by atoms with Crippen LogP contribution in [0.1, 0.15) is 24.2 Å². The highest BCUT2D eigenvalue weighted by Gasteiger charge is 2.23. The number of nitro groups is 1. The van der Waals surface area contributed by atoms with Gasteiger partial charge in [0.2, 0.25) is 0 Å². The van der Waals surface area contributed by atoms with Gasteiger partial charge in [-0.25, -0.2) is 0 Å². The van der Waals surface area contributed by atoms with Gasteiger partial charge < -0.3 is 10.3 Å². The summed E-state index contributed by atoms with van der Waals surface area (Å²) in [4.78, 5) is 24.1. The second-order valence-electron chi connectivity index (χ2n) is 4.68. The summed E-state index contributed by atoms with van der Waals surface area (Å²) < 4.78 is 0. The quantitative estimate of drug-likeness (QED) is 0.479. The molecule has 1 rings (SSSR count). The Kier molecular flexibility index (Phi) is 4.82. The molecule has 0 heterocycles. The van der Waals surface area contributed by atoms with Crippen LogP contribution in [0.3, 0.4) is 0 Å². The van der Waals surface area contributed by atoms with Crippen LogP contribution < -0.4 is 11.3 Å². The molecule has 0 aliphatic heterocycles. The van der Waals surface area contributed by atoms with E-state index in [1.54, 1.807) is 7.05 Å². The largest absolute Gasteiger partial charge is 0.341 e. The van der Waals surface area contributed by atoms with Crippen molar-refractivity contribution in [3.05, 3.63) is 33.9 Å². The van der Waals surface area contributed by atoms with Gasteiger partial charge in [-0.2, -0.15) is 0 Å². The number of hydrazine groups is 1. The van der Waals surface area contributed by atoms with Crippen molar-refractivity contribution in [1.29, 1.82) is 0 Å². The van der Waals surface area contributed by atoms with E-state index in [1.807, 2.05) is 13.8 Å². The van der Waals surface area contributed by atoms with Gasteiger partial charge in [0.25, 0.3) is 11.6 Å². The van der Waals surface area contributed by atoms with Gasteiger partial charge in [-0.1, -0.05) is 19.9 Å². The fourth-order valence-corrected chi connectivity index (χ4v) is 1.86. The standard InChI is InChI=1S/C12H18N4O3/c1-8(2)7-15(3)12(17)9-5-4-6-10(16(18)19)11(9)14-13/h4-6,8,14H,7,13H2,1-3H3. The normalized spacial score (nSPS) is 10.4. The van der Waals surface area contributed by atoms with Crippen LogP contribution in [0.5, 0.6) is 0 Å². The fourth-order valence-electron chi connectivity index (χ4n) is 1.86. The molecule has 1 amide bonds. The first-order chi connectivity index (χ1) is 8.88. The van der Waals surface area contributed by atoms with Crippen molar-refractivity contribution in [1.82, 2.24) is 4.90 Å². The van der Waals surface area contributed by atoms with Crippen LogP contribution in [-0.2, 0) is 0 Å². The van der Waals surface area contributed by atoms with Gasteiger partial charge in [-0.05, 0) is 12.0 Å². The molecule has 7 nitrogen and oxygen atoms in total. The first kappa shape index (κ1) is 14.9. The van der Waals surface area contributed by atoms with E-state index in [4.69, 9.17) is 5.84 Å². The molecule has 0 aromatic heterocycles. The van der Waals surface area contributed by atoms with Crippen molar-refractivity contribution in [3.8, 4) is 0 Å². The minimum atomic E-state index is -0.575. The minimum absolute atomic E-state index is 0.0353. The molecular weight excluding hydrogens is 248 g/mol. The number of carbonyl (C=O) groups excluding carboxylic acids is 1. The molecule has 0 aliphatic rings. The molecular formula is C12H18N4O3. The van der Waals surface area contributed by atoms with Crippen molar-refractivity contribution in [2.75, 3.05) is 19.0 Å². The number of nitrogen functional groups attached to an aromatic ring is 1. The second-order valence-corrected chi connectivity index (χ2v) is 4.68. The Morgan fingerprint density at radius 2 is 2.16 bits per heavy atom. The Morgan fingerprint density at radius 3 is 2.63 bits per heavy atom. The summed E-state index contributed by atoms with van der Waals surface area (Å²) in [6.45, 7) is 4.53. The number of nitro benzene ring substituents is 1. The minimum Gasteiger partial charge on any atom is -0.341 e. The van der Waals surface area contributed by atoms with E-state index in [0.717, 1.165) is 0 Å². The van der Waals surface area contributed by atoms with Gasteiger partial charge >= 0.3 is 0 Å². The molecule has 0 bridgehead atoms. The fraction of sp³-hybridized carbons (Fsp3) is 0.417. The molecule has 0 aliphatic carbocycles. The Labute approximate surface area is 111 Å². The molecule has 1 aromatic carbocycles. The number of anilines is 1. The van der Waals surface area contributed by atoms with E-state index < -0.39 is 4.92 Å². The third kappa shape index (κ3) is 3.41. The number of nitrogens with zero attached hydrogens (tertiary/aromatic N) is 2. The van der Waals surface area contributed by atoms with Crippen molar-refractivity contribution >= 4 is 17.3 Å². The van der Waals surface area contributed by atoms with Crippen LogP contribution in [0.4, 0.5) is 11.4 Å². The predicted molar refractivity (Wildman–Crippen MR) is 72.7 cm³/mol. The third-order valence-corrected chi connectivity index (χ3v) is 2.60. The highest BCUT2D eigenvalue weighted by atomic mass is 16.6. The van der Waals surface area contributed by atoms with Crippen LogP contribution in [-0.4, -0.2) is 29.3 Å². The van der Waals surface area contributed by atoms with Gasteiger partial charge in [0.1, 0.15) is 5.69 Å². The second kappa shape index (κ2) is 6.14. The van der Waals surface area contributed by atoms with Gasteiger partial charge in [-0.15, -0.1) is 0 Å². The average molecular weight is 266 g/mol. The lowest BCUT2D eigenvalue weighted by Crippen LogP contribution is -2.31. The van der Waals surface area contributed by atoms with Crippen LogP contribution >= 0.6 is 0 Å². The zero-order valence-corrected chi connectivity index (χ0v) is 11.2. The Morgan fingerprint density at radius 1 is 1.53 bits per heavy atom. The molecule has 3 N–H and O–H groups in total. The number of nitrogens with one attached hydrogen (secondary N) is 1. The van der Waals surface area contributed by atoms with Crippen LogP contribution in [0.25, 0.3) is 0 Å².